The van der Waals surface area contributed by atoms with Crippen LogP contribution in [-0.4, -0.2) is 19.4 Å². The summed E-state index contributed by atoms with van der Waals surface area (Å²) in [5.74, 6) is 0. The van der Waals surface area contributed by atoms with Gasteiger partial charge in [-0.05, 0) is 47.5 Å². The van der Waals surface area contributed by atoms with E-state index in [2.05, 4.69) is 15.0 Å². The third-order valence-electron chi connectivity index (χ3n) is 3.66. The lowest BCUT2D eigenvalue weighted by Gasteiger charge is -2.07. The monoisotopic (exact) mass is 300 g/mol. The Hall–Kier alpha value is -3.34. The summed E-state index contributed by atoms with van der Waals surface area (Å²) < 4.78 is 1.54. The Morgan fingerprint density at radius 2 is 1.39 bits per heavy atom. The van der Waals surface area contributed by atoms with Gasteiger partial charge in [0.2, 0.25) is 0 Å². The number of pyridine rings is 3. The van der Waals surface area contributed by atoms with Gasteiger partial charge in [-0.3, -0.25) is 19.2 Å². The van der Waals surface area contributed by atoms with E-state index < -0.39 is 0 Å². The maximum atomic E-state index is 12.3. The molecule has 0 aliphatic heterocycles. The van der Waals surface area contributed by atoms with Crippen molar-refractivity contribution in [3.63, 3.8) is 0 Å². The average molecular weight is 300 g/mol. The van der Waals surface area contributed by atoms with Crippen molar-refractivity contribution >= 4 is 5.65 Å². The highest BCUT2D eigenvalue weighted by Gasteiger charge is 2.06. The molecule has 0 amide bonds. The molecule has 4 rings (SSSR count). The molecule has 0 atom stereocenters. The Bertz CT molecular complexity index is 1020. The van der Waals surface area contributed by atoms with E-state index in [4.69, 9.17) is 0 Å². The lowest BCUT2D eigenvalue weighted by molar-refractivity contribution is 1.05. The molecule has 110 valence electrons. The highest BCUT2D eigenvalue weighted by molar-refractivity contribution is 5.68. The van der Waals surface area contributed by atoms with Gasteiger partial charge in [0.05, 0.1) is 5.69 Å². The molecule has 0 aliphatic carbocycles. The number of hydrogen-bond donors (Lipinski definition) is 0. The molecule has 0 saturated carbocycles. The van der Waals surface area contributed by atoms with Gasteiger partial charge in [-0.15, -0.1) is 0 Å². The zero-order valence-electron chi connectivity index (χ0n) is 12.1. The summed E-state index contributed by atoms with van der Waals surface area (Å²) in [6.07, 6.45) is 8.61. The maximum absolute atomic E-state index is 12.3. The maximum Gasteiger partial charge on any atom is 0.258 e. The number of fused-ring (bicyclic) bond motifs is 1. The molecule has 0 aliphatic rings. The lowest BCUT2D eigenvalue weighted by atomic mass is 10.1. The van der Waals surface area contributed by atoms with Crippen LogP contribution in [0, 0.1) is 0 Å². The number of nitrogens with zero attached hydrogens (tertiary/aromatic N) is 4. The molecule has 4 aromatic rings. The van der Waals surface area contributed by atoms with E-state index in [9.17, 15) is 4.79 Å². The van der Waals surface area contributed by atoms with Crippen molar-refractivity contribution < 1.29 is 0 Å². The van der Waals surface area contributed by atoms with E-state index in [1.54, 1.807) is 31.0 Å². The second-order valence-electron chi connectivity index (χ2n) is 5.10. The van der Waals surface area contributed by atoms with E-state index in [0.29, 0.717) is 11.3 Å². The van der Waals surface area contributed by atoms with Gasteiger partial charge in [-0.1, -0.05) is 0 Å². The van der Waals surface area contributed by atoms with Crippen molar-refractivity contribution in [2.24, 2.45) is 0 Å². The summed E-state index contributed by atoms with van der Waals surface area (Å²) in [4.78, 5) is 24.9. The topological polar surface area (TPSA) is 60.2 Å². The first-order chi connectivity index (χ1) is 11.3. The third-order valence-corrected chi connectivity index (χ3v) is 3.66. The van der Waals surface area contributed by atoms with Crippen LogP contribution in [0.25, 0.3) is 28.0 Å². The molecule has 0 saturated heterocycles. The summed E-state index contributed by atoms with van der Waals surface area (Å²) in [6.45, 7) is 0. The van der Waals surface area contributed by atoms with Gasteiger partial charge in [0, 0.05) is 42.6 Å². The lowest BCUT2D eigenvalue weighted by Crippen LogP contribution is -2.14. The molecule has 0 aromatic carbocycles. The third kappa shape index (κ3) is 2.48. The number of rotatable bonds is 2. The molecule has 4 heterocycles. The van der Waals surface area contributed by atoms with E-state index in [0.717, 1.165) is 16.7 Å². The van der Waals surface area contributed by atoms with Crippen LogP contribution < -0.4 is 5.56 Å². The normalized spacial score (nSPS) is 10.8. The molecule has 0 unspecified atom stereocenters. The first-order valence-corrected chi connectivity index (χ1v) is 7.15. The van der Waals surface area contributed by atoms with Gasteiger partial charge in [-0.25, -0.2) is 4.98 Å². The fourth-order valence-corrected chi connectivity index (χ4v) is 2.50. The number of hydrogen-bond acceptors (Lipinski definition) is 4. The van der Waals surface area contributed by atoms with Gasteiger partial charge in [0.25, 0.3) is 5.56 Å². The summed E-state index contributed by atoms with van der Waals surface area (Å²) in [5, 5.41) is 0. The Morgan fingerprint density at radius 3 is 2.09 bits per heavy atom. The smallest absolute Gasteiger partial charge is 0.258 e. The van der Waals surface area contributed by atoms with Gasteiger partial charge in [0.1, 0.15) is 5.65 Å². The predicted octanol–water partition coefficient (Wildman–Crippen LogP) is 2.82. The number of aromatic nitrogens is 4. The van der Waals surface area contributed by atoms with Crippen LogP contribution in [0.5, 0.6) is 0 Å². The first-order valence-electron chi connectivity index (χ1n) is 7.15. The van der Waals surface area contributed by atoms with E-state index in [1.807, 2.05) is 36.4 Å². The summed E-state index contributed by atoms with van der Waals surface area (Å²) in [5.41, 5.74) is 4.04. The molecule has 5 heteroatoms. The minimum absolute atomic E-state index is 0.108. The molecule has 5 nitrogen and oxygen atoms in total. The fraction of sp³-hybridized carbons (Fsp3) is 0. The van der Waals surface area contributed by atoms with Crippen LogP contribution in [0.15, 0.2) is 78.2 Å². The molecule has 4 aromatic heterocycles. The van der Waals surface area contributed by atoms with Crippen LogP contribution in [-0.2, 0) is 0 Å². The SMILES string of the molecule is O=c1cc(-c2ccncc2)nc2cc(-c3ccncc3)ccn12. The van der Waals surface area contributed by atoms with Crippen LogP contribution in [0.2, 0.25) is 0 Å². The Balaban J connectivity index is 1.92. The zero-order chi connectivity index (χ0) is 15.6. The highest BCUT2D eigenvalue weighted by Crippen LogP contribution is 2.20. The summed E-state index contributed by atoms with van der Waals surface area (Å²) in [7, 11) is 0. The second-order valence-corrected chi connectivity index (χ2v) is 5.10. The van der Waals surface area contributed by atoms with Crippen LogP contribution >= 0.6 is 0 Å². The van der Waals surface area contributed by atoms with Crippen LogP contribution in [0.1, 0.15) is 0 Å². The van der Waals surface area contributed by atoms with Crippen molar-refractivity contribution in [2.75, 3.05) is 0 Å². The van der Waals surface area contributed by atoms with E-state index in [1.165, 1.54) is 10.5 Å². The van der Waals surface area contributed by atoms with Gasteiger partial charge < -0.3 is 0 Å². The predicted molar refractivity (Wildman–Crippen MR) is 87.9 cm³/mol. The van der Waals surface area contributed by atoms with Crippen LogP contribution in [0.4, 0.5) is 0 Å². The Kier molecular flexibility index (Phi) is 3.16. The van der Waals surface area contributed by atoms with E-state index >= 15 is 0 Å². The average Bonchev–Trinajstić information content (AvgIpc) is 2.63. The molecular weight excluding hydrogens is 288 g/mol. The molecule has 0 N–H and O–H groups in total. The molecule has 0 fully saturated rings. The quantitative estimate of drug-likeness (QED) is 0.571. The summed E-state index contributed by atoms with van der Waals surface area (Å²) in [6, 6.07) is 12.9. The Labute approximate surface area is 131 Å². The zero-order valence-corrected chi connectivity index (χ0v) is 12.1. The van der Waals surface area contributed by atoms with Crippen molar-refractivity contribution in [1.82, 2.24) is 19.4 Å². The molecular formula is C18H12N4O. The Morgan fingerprint density at radius 1 is 0.739 bits per heavy atom. The van der Waals surface area contributed by atoms with Gasteiger partial charge >= 0.3 is 0 Å². The van der Waals surface area contributed by atoms with Crippen molar-refractivity contribution in [3.8, 4) is 22.4 Å². The minimum Gasteiger partial charge on any atom is -0.269 e. The highest BCUT2D eigenvalue weighted by atomic mass is 16.1. The molecule has 0 radical (unpaired) electrons. The summed E-state index contributed by atoms with van der Waals surface area (Å²) >= 11 is 0. The van der Waals surface area contributed by atoms with Crippen LogP contribution in [0.3, 0.4) is 0 Å². The molecule has 23 heavy (non-hydrogen) atoms. The first kappa shape index (κ1) is 13.3. The van der Waals surface area contributed by atoms with Crippen molar-refractivity contribution in [2.45, 2.75) is 0 Å². The largest absolute Gasteiger partial charge is 0.269 e. The van der Waals surface area contributed by atoms with E-state index in [-0.39, 0.29) is 5.56 Å². The standard InChI is InChI=1S/C18H12N4O/c23-18-12-16(14-3-8-20-9-4-14)21-17-11-15(5-10-22(17)18)13-1-6-19-7-2-13/h1-12H. The van der Waals surface area contributed by atoms with Gasteiger partial charge in [-0.2, -0.15) is 0 Å². The second kappa shape index (κ2) is 5.46. The molecule has 0 spiro atoms. The fourth-order valence-electron chi connectivity index (χ4n) is 2.50. The molecule has 0 bridgehead atoms. The van der Waals surface area contributed by atoms with Crippen molar-refractivity contribution in [3.05, 3.63) is 83.8 Å². The minimum atomic E-state index is -0.108. The van der Waals surface area contributed by atoms with Gasteiger partial charge in [0.15, 0.2) is 0 Å². The van der Waals surface area contributed by atoms with Crippen molar-refractivity contribution in [1.29, 1.82) is 0 Å².